The number of primary amides is 1. The summed E-state index contributed by atoms with van der Waals surface area (Å²) in [5, 5.41) is 10.9. The fraction of sp³-hybridized carbons (Fsp3) is 0.700. The second kappa shape index (κ2) is 6.09. The van der Waals surface area contributed by atoms with Crippen molar-refractivity contribution < 1.29 is 19.5 Å². The molecule has 0 bridgehead atoms. The van der Waals surface area contributed by atoms with Gasteiger partial charge in [-0.05, 0) is 20.3 Å². The molecule has 6 nitrogen and oxygen atoms in total. The maximum absolute atomic E-state index is 11.2. The van der Waals surface area contributed by atoms with Crippen LogP contribution in [0.25, 0.3) is 0 Å². The zero-order valence-electron chi connectivity index (χ0n) is 9.58. The normalized spacial score (nSPS) is 10.9. The largest absolute Gasteiger partial charge is 0.481 e. The Kier molecular flexibility index (Phi) is 5.49. The second-order valence-electron chi connectivity index (χ2n) is 4.27. The van der Waals surface area contributed by atoms with E-state index in [1.807, 2.05) is 0 Å². The number of amides is 2. The summed E-state index contributed by atoms with van der Waals surface area (Å²) < 4.78 is 0. The van der Waals surface area contributed by atoms with Crippen molar-refractivity contribution in [2.24, 2.45) is 11.1 Å². The number of nitrogens with two attached hydrogens (primary N) is 1. The summed E-state index contributed by atoms with van der Waals surface area (Å²) in [6, 6.07) is 0. The van der Waals surface area contributed by atoms with Gasteiger partial charge in [-0.3, -0.25) is 14.4 Å². The highest BCUT2D eigenvalue weighted by atomic mass is 16.4. The van der Waals surface area contributed by atoms with Crippen LogP contribution in [0.2, 0.25) is 0 Å². The average molecular weight is 230 g/mol. The minimum atomic E-state index is -0.926. The van der Waals surface area contributed by atoms with E-state index in [0.717, 1.165) is 0 Å². The Balaban J connectivity index is 3.82. The molecule has 92 valence electrons. The number of rotatable bonds is 7. The van der Waals surface area contributed by atoms with Crippen LogP contribution in [-0.4, -0.2) is 29.4 Å². The summed E-state index contributed by atoms with van der Waals surface area (Å²) in [7, 11) is 0. The van der Waals surface area contributed by atoms with Gasteiger partial charge in [0.1, 0.15) is 0 Å². The molecular weight excluding hydrogens is 212 g/mol. The van der Waals surface area contributed by atoms with Gasteiger partial charge in [0.25, 0.3) is 0 Å². The van der Waals surface area contributed by atoms with Crippen LogP contribution >= 0.6 is 0 Å². The lowest BCUT2D eigenvalue weighted by Crippen LogP contribution is -2.42. The van der Waals surface area contributed by atoms with Crippen molar-refractivity contribution in [3.05, 3.63) is 0 Å². The van der Waals surface area contributed by atoms with Crippen molar-refractivity contribution in [3.63, 3.8) is 0 Å². The summed E-state index contributed by atoms with van der Waals surface area (Å²) in [5.41, 5.74) is 4.34. The summed E-state index contributed by atoms with van der Waals surface area (Å²) in [6.07, 6.45) is 0.395. The smallest absolute Gasteiger partial charge is 0.303 e. The van der Waals surface area contributed by atoms with Crippen LogP contribution in [0.5, 0.6) is 0 Å². The molecule has 0 aliphatic carbocycles. The predicted molar refractivity (Wildman–Crippen MR) is 57.5 cm³/mol. The van der Waals surface area contributed by atoms with E-state index in [1.54, 1.807) is 13.8 Å². The lowest BCUT2D eigenvalue weighted by Gasteiger charge is -2.20. The van der Waals surface area contributed by atoms with Crippen LogP contribution in [0, 0.1) is 5.41 Å². The fourth-order valence-corrected chi connectivity index (χ4v) is 0.895. The van der Waals surface area contributed by atoms with E-state index in [9.17, 15) is 14.4 Å². The number of carbonyl (C=O) groups is 3. The third-order valence-electron chi connectivity index (χ3n) is 2.19. The highest BCUT2D eigenvalue weighted by Gasteiger charge is 2.25. The highest BCUT2D eigenvalue weighted by Crippen LogP contribution is 2.11. The van der Waals surface area contributed by atoms with Gasteiger partial charge < -0.3 is 16.2 Å². The fourth-order valence-electron chi connectivity index (χ4n) is 0.895. The molecule has 6 heteroatoms. The lowest BCUT2D eigenvalue weighted by atomic mass is 9.93. The summed E-state index contributed by atoms with van der Waals surface area (Å²) in [6.45, 7) is 3.42. The van der Waals surface area contributed by atoms with Gasteiger partial charge in [-0.1, -0.05) is 0 Å². The average Bonchev–Trinajstić information content (AvgIpc) is 2.14. The van der Waals surface area contributed by atoms with Crippen molar-refractivity contribution in [1.82, 2.24) is 5.32 Å². The van der Waals surface area contributed by atoms with Gasteiger partial charge >= 0.3 is 5.97 Å². The van der Waals surface area contributed by atoms with Crippen LogP contribution in [0.15, 0.2) is 0 Å². The van der Waals surface area contributed by atoms with Crippen molar-refractivity contribution in [3.8, 4) is 0 Å². The van der Waals surface area contributed by atoms with Gasteiger partial charge in [0, 0.05) is 19.4 Å². The molecule has 2 amide bonds. The van der Waals surface area contributed by atoms with Crippen molar-refractivity contribution in [2.45, 2.75) is 33.1 Å². The first kappa shape index (κ1) is 14.4. The van der Waals surface area contributed by atoms with Gasteiger partial charge in [0.05, 0.1) is 5.41 Å². The molecule has 16 heavy (non-hydrogen) atoms. The topological polar surface area (TPSA) is 109 Å². The Morgan fingerprint density at radius 3 is 2.25 bits per heavy atom. The van der Waals surface area contributed by atoms with Crippen LogP contribution in [0.4, 0.5) is 0 Å². The maximum Gasteiger partial charge on any atom is 0.303 e. The van der Waals surface area contributed by atoms with Gasteiger partial charge in [0.15, 0.2) is 0 Å². The number of carboxylic acids is 1. The van der Waals surface area contributed by atoms with E-state index in [-0.39, 0.29) is 31.7 Å². The number of carboxylic acid groups (broad SMARTS) is 1. The van der Waals surface area contributed by atoms with E-state index in [4.69, 9.17) is 10.8 Å². The molecule has 0 rings (SSSR count). The molecule has 0 spiro atoms. The van der Waals surface area contributed by atoms with E-state index < -0.39 is 17.3 Å². The Labute approximate surface area is 94.2 Å². The van der Waals surface area contributed by atoms with Crippen LogP contribution in [-0.2, 0) is 14.4 Å². The number of hydrogen-bond acceptors (Lipinski definition) is 3. The lowest BCUT2D eigenvalue weighted by molar-refractivity contribution is -0.137. The zero-order valence-corrected chi connectivity index (χ0v) is 9.58. The van der Waals surface area contributed by atoms with E-state index in [0.29, 0.717) is 0 Å². The first-order valence-electron chi connectivity index (χ1n) is 5.04. The van der Waals surface area contributed by atoms with Crippen LogP contribution in [0.3, 0.4) is 0 Å². The molecule has 0 saturated carbocycles. The number of hydrogen-bond donors (Lipinski definition) is 3. The van der Waals surface area contributed by atoms with Crippen molar-refractivity contribution >= 4 is 17.8 Å². The molecule has 0 radical (unpaired) electrons. The molecule has 0 unspecified atom stereocenters. The van der Waals surface area contributed by atoms with Crippen molar-refractivity contribution in [1.29, 1.82) is 0 Å². The second-order valence-corrected chi connectivity index (χ2v) is 4.27. The van der Waals surface area contributed by atoms with E-state index in [2.05, 4.69) is 5.32 Å². The predicted octanol–water partition coefficient (Wildman–Crippen LogP) is -0.131. The number of carbonyl (C=O) groups excluding carboxylic acids is 2. The van der Waals surface area contributed by atoms with Gasteiger partial charge in [-0.25, -0.2) is 0 Å². The van der Waals surface area contributed by atoms with Gasteiger partial charge in [-0.15, -0.1) is 0 Å². The van der Waals surface area contributed by atoms with E-state index in [1.165, 1.54) is 0 Å². The Bertz CT molecular complexity index is 287. The van der Waals surface area contributed by atoms with Gasteiger partial charge in [0.2, 0.25) is 11.8 Å². The molecule has 0 saturated heterocycles. The molecule has 0 aromatic heterocycles. The Hall–Kier alpha value is -1.59. The van der Waals surface area contributed by atoms with Crippen LogP contribution < -0.4 is 11.1 Å². The molecule has 0 aliphatic heterocycles. The van der Waals surface area contributed by atoms with Gasteiger partial charge in [-0.2, -0.15) is 0 Å². The first-order chi connectivity index (χ1) is 7.25. The number of aliphatic carboxylic acids is 1. The summed E-state index contributed by atoms with van der Waals surface area (Å²) in [4.78, 5) is 32.4. The third-order valence-corrected chi connectivity index (χ3v) is 2.19. The highest BCUT2D eigenvalue weighted by molar-refractivity contribution is 5.82. The van der Waals surface area contributed by atoms with E-state index >= 15 is 0 Å². The van der Waals surface area contributed by atoms with Crippen molar-refractivity contribution in [2.75, 3.05) is 6.54 Å². The third kappa shape index (κ3) is 6.00. The molecular formula is C10H18N2O4. The minimum absolute atomic E-state index is 0.0351. The van der Waals surface area contributed by atoms with Crippen LogP contribution in [0.1, 0.15) is 33.1 Å². The number of nitrogens with one attached hydrogen (secondary N) is 1. The summed E-state index contributed by atoms with van der Waals surface area (Å²) in [5.74, 6) is -1.68. The molecule has 0 aromatic carbocycles. The first-order valence-corrected chi connectivity index (χ1v) is 5.04. The molecule has 0 heterocycles. The molecule has 0 aliphatic rings. The molecule has 4 N–H and O–H groups in total. The zero-order chi connectivity index (χ0) is 12.8. The Morgan fingerprint density at radius 1 is 1.25 bits per heavy atom. The summed E-state index contributed by atoms with van der Waals surface area (Å²) >= 11 is 0. The monoisotopic (exact) mass is 230 g/mol. The minimum Gasteiger partial charge on any atom is -0.481 e. The standard InChI is InChI=1S/C10H18N2O4/c1-10(2,9(11)16)6-12-7(13)4-3-5-8(14)15/h3-6H2,1-2H3,(H2,11,16)(H,12,13)(H,14,15). The quantitative estimate of drug-likeness (QED) is 0.565. The molecule has 0 aromatic rings. The SMILES string of the molecule is CC(C)(CNC(=O)CCCC(=O)O)C(N)=O. The Morgan fingerprint density at radius 2 is 1.81 bits per heavy atom. The molecule has 0 atom stereocenters. The molecule has 0 fully saturated rings. The maximum atomic E-state index is 11.2.